The van der Waals surface area contributed by atoms with Crippen molar-refractivity contribution in [3.05, 3.63) is 0 Å². The smallest absolute Gasteiger partial charge is 0.109 e. The van der Waals surface area contributed by atoms with E-state index in [9.17, 15) is 20.4 Å². The summed E-state index contributed by atoms with van der Waals surface area (Å²) in [6.45, 7) is 1.68. The fourth-order valence-electron chi connectivity index (χ4n) is 3.08. The third-order valence-electron chi connectivity index (χ3n) is 4.51. The monoisotopic (exact) mass is 355 g/mol. The molecule has 0 aromatic rings. The minimum absolute atomic E-state index is 0. The first-order valence-electron chi connectivity index (χ1n) is 8.49. The van der Waals surface area contributed by atoms with Crippen LogP contribution >= 0.6 is 12.4 Å². The number of unbranched alkanes of at least 4 members (excludes halogenated alkanes) is 6. The lowest BCUT2D eigenvalue weighted by atomic mass is 9.94. The molecule has 0 spiro atoms. The zero-order valence-corrected chi connectivity index (χ0v) is 15.0. The number of ether oxygens (including phenoxy) is 1. The first kappa shape index (κ1) is 23.1. The molecule has 0 bridgehead atoms. The summed E-state index contributed by atoms with van der Waals surface area (Å²) in [5.41, 5.74) is 0. The molecule has 0 saturated carbocycles. The van der Waals surface area contributed by atoms with Gasteiger partial charge >= 0.3 is 0 Å². The van der Waals surface area contributed by atoms with Crippen molar-refractivity contribution in [2.45, 2.75) is 69.3 Å². The maximum atomic E-state index is 9.90. The molecule has 1 rings (SSSR count). The Balaban J connectivity index is 0.00000484. The predicted molar refractivity (Wildman–Crippen MR) is 91.9 cm³/mol. The van der Waals surface area contributed by atoms with E-state index in [2.05, 4.69) is 0 Å². The number of hydrogen-bond acceptors (Lipinski definition) is 6. The first-order valence-corrected chi connectivity index (χ1v) is 8.49. The predicted octanol–water partition coefficient (Wildman–Crippen LogP) is 0.544. The van der Waals surface area contributed by atoms with E-state index < -0.39 is 24.4 Å². The number of rotatable bonds is 11. The molecule has 7 heteroatoms. The normalized spacial score (nSPS) is 28.6. The van der Waals surface area contributed by atoms with Gasteiger partial charge in [-0.1, -0.05) is 32.1 Å². The number of likely N-dealkylation sites (tertiary alicyclic amines) is 1. The average Bonchev–Trinajstić information content (AvgIpc) is 2.51. The molecule has 0 unspecified atom stereocenters. The molecule has 1 saturated heterocycles. The standard InChI is InChI=1S/C16H33NO5.ClH/c1-22-10-8-6-4-2-3-5-7-9-17-11-14(19)16(21)15(20)13(17)12-18;/h13-16,18-21H,2-12H2,1H3;1H/t13-,14+,15-,16-;/m1./s1. The van der Waals surface area contributed by atoms with Gasteiger partial charge in [0.25, 0.3) is 0 Å². The van der Waals surface area contributed by atoms with Crippen LogP contribution in [-0.2, 0) is 4.74 Å². The number of β-amino-alcohol motifs (C(OH)–C–C–N with tert-alkyl or cyclic N) is 1. The van der Waals surface area contributed by atoms with E-state index in [-0.39, 0.29) is 19.0 Å². The number of aliphatic hydroxyl groups is 4. The van der Waals surface area contributed by atoms with Gasteiger partial charge in [-0.15, -0.1) is 12.4 Å². The molecule has 0 aliphatic carbocycles. The van der Waals surface area contributed by atoms with Gasteiger partial charge in [-0.05, 0) is 19.4 Å². The van der Waals surface area contributed by atoms with Crippen molar-refractivity contribution >= 4 is 12.4 Å². The zero-order chi connectivity index (χ0) is 16.4. The summed E-state index contributed by atoms with van der Waals surface area (Å²) in [7, 11) is 1.73. The van der Waals surface area contributed by atoms with E-state index in [0.717, 1.165) is 32.4 Å². The Morgan fingerprint density at radius 3 is 2.04 bits per heavy atom. The Hall–Kier alpha value is 0.0500. The molecule has 140 valence electrons. The van der Waals surface area contributed by atoms with E-state index in [1.54, 1.807) is 7.11 Å². The molecule has 1 aliphatic heterocycles. The molecule has 1 aliphatic rings. The Kier molecular flexibility index (Phi) is 13.4. The lowest BCUT2D eigenvalue weighted by Crippen LogP contribution is -2.62. The van der Waals surface area contributed by atoms with Gasteiger partial charge in [0, 0.05) is 20.3 Å². The summed E-state index contributed by atoms with van der Waals surface area (Å²) in [4.78, 5) is 1.89. The maximum Gasteiger partial charge on any atom is 0.109 e. The molecule has 6 nitrogen and oxygen atoms in total. The molecule has 1 fully saturated rings. The van der Waals surface area contributed by atoms with Crippen molar-refractivity contribution in [3.8, 4) is 0 Å². The summed E-state index contributed by atoms with van der Waals surface area (Å²) >= 11 is 0. The van der Waals surface area contributed by atoms with Gasteiger partial charge in [-0.2, -0.15) is 0 Å². The van der Waals surface area contributed by atoms with E-state index in [1.807, 2.05) is 4.90 Å². The summed E-state index contributed by atoms with van der Waals surface area (Å²) in [6.07, 6.45) is 4.85. The second-order valence-corrected chi connectivity index (χ2v) is 6.26. The Labute approximate surface area is 145 Å². The summed E-state index contributed by atoms with van der Waals surface area (Å²) < 4.78 is 5.02. The zero-order valence-electron chi connectivity index (χ0n) is 14.1. The molecular weight excluding hydrogens is 322 g/mol. The lowest BCUT2D eigenvalue weighted by Gasteiger charge is -2.43. The highest BCUT2D eigenvalue weighted by Crippen LogP contribution is 2.19. The SMILES string of the molecule is COCCCCCCCCCN1C[C@H](O)[C@@H](O)[C@H](O)[C@H]1CO.Cl. The van der Waals surface area contributed by atoms with Crippen molar-refractivity contribution in [2.75, 3.05) is 33.4 Å². The molecule has 0 aromatic heterocycles. The second kappa shape index (κ2) is 13.4. The van der Waals surface area contributed by atoms with Crippen molar-refractivity contribution in [1.82, 2.24) is 4.90 Å². The third kappa shape index (κ3) is 8.12. The number of hydrogen-bond donors (Lipinski definition) is 4. The van der Waals surface area contributed by atoms with Crippen LogP contribution in [0.4, 0.5) is 0 Å². The molecule has 4 atom stereocenters. The fourth-order valence-corrected chi connectivity index (χ4v) is 3.08. The van der Waals surface area contributed by atoms with Crippen LogP contribution in [0, 0.1) is 0 Å². The van der Waals surface area contributed by atoms with Gasteiger partial charge in [-0.3, -0.25) is 4.90 Å². The van der Waals surface area contributed by atoms with Crippen LogP contribution in [0.15, 0.2) is 0 Å². The quantitative estimate of drug-likeness (QED) is 0.404. The van der Waals surface area contributed by atoms with E-state index in [4.69, 9.17) is 4.74 Å². The fraction of sp³-hybridized carbons (Fsp3) is 1.00. The number of aliphatic hydroxyl groups excluding tert-OH is 4. The number of halogens is 1. The van der Waals surface area contributed by atoms with Gasteiger partial charge < -0.3 is 25.2 Å². The highest BCUT2D eigenvalue weighted by atomic mass is 35.5. The van der Waals surface area contributed by atoms with Gasteiger partial charge in [0.2, 0.25) is 0 Å². The van der Waals surface area contributed by atoms with E-state index in [0.29, 0.717) is 6.54 Å². The summed E-state index contributed by atoms with van der Waals surface area (Å²) in [5.74, 6) is 0. The molecule has 0 aromatic carbocycles. The van der Waals surface area contributed by atoms with Crippen LogP contribution < -0.4 is 0 Å². The number of methoxy groups -OCH3 is 1. The largest absolute Gasteiger partial charge is 0.395 e. The lowest BCUT2D eigenvalue weighted by molar-refractivity contribution is -0.145. The molecule has 0 radical (unpaired) electrons. The van der Waals surface area contributed by atoms with Gasteiger partial charge in [-0.25, -0.2) is 0 Å². The number of nitrogens with zero attached hydrogens (tertiary/aromatic N) is 1. The molecule has 0 amide bonds. The van der Waals surface area contributed by atoms with Crippen LogP contribution in [0.25, 0.3) is 0 Å². The highest BCUT2D eigenvalue weighted by Gasteiger charge is 2.40. The maximum absolute atomic E-state index is 9.90. The summed E-state index contributed by atoms with van der Waals surface area (Å²) in [6, 6.07) is -0.479. The van der Waals surface area contributed by atoms with Crippen LogP contribution in [0.3, 0.4) is 0 Å². The highest BCUT2D eigenvalue weighted by molar-refractivity contribution is 5.85. The molecule has 4 N–H and O–H groups in total. The minimum Gasteiger partial charge on any atom is -0.395 e. The summed E-state index contributed by atoms with van der Waals surface area (Å²) in [5, 5.41) is 38.7. The van der Waals surface area contributed by atoms with Crippen LogP contribution in [-0.4, -0.2) is 83.1 Å². The van der Waals surface area contributed by atoms with Gasteiger partial charge in [0.1, 0.15) is 12.2 Å². The molecule has 23 heavy (non-hydrogen) atoms. The Bertz CT molecular complexity index is 285. The average molecular weight is 356 g/mol. The van der Waals surface area contributed by atoms with Crippen molar-refractivity contribution < 1.29 is 25.2 Å². The Morgan fingerprint density at radius 2 is 1.48 bits per heavy atom. The molecule has 1 heterocycles. The van der Waals surface area contributed by atoms with Crippen molar-refractivity contribution in [3.63, 3.8) is 0 Å². The van der Waals surface area contributed by atoms with Gasteiger partial charge in [0.15, 0.2) is 0 Å². The van der Waals surface area contributed by atoms with E-state index >= 15 is 0 Å². The second-order valence-electron chi connectivity index (χ2n) is 6.26. The van der Waals surface area contributed by atoms with Crippen LogP contribution in [0.2, 0.25) is 0 Å². The van der Waals surface area contributed by atoms with Crippen molar-refractivity contribution in [2.24, 2.45) is 0 Å². The van der Waals surface area contributed by atoms with E-state index in [1.165, 1.54) is 25.7 Å². The number of piperidine rings is 1. The third-order valence-corrected chi connectivity index (χ3v) is 4.51. The van der Waals surface area contributed by atoms with Gasteiger partial charge in [0.05, 0.1) is 18.8 Å². The molecular formula is C16H34ClNO5. The first-order chi connectivity index (χ1) is 10.6. The van der Waals surface area contributed by atoms with Crippen molar-refractivity contribution in [1.29, 1.82) is 0 Å². The topological polar surface area (TPSA) is 93.4 Å². The minimum atomic E-state index is -1.17. The van der Waals surface area contributed by atoms with Crippen LogP contribution in [0.5, 0.6) is 0 Å². The van der Waals surface area contributed by atoms with Crippen LogP contribution in [0.1, 0.15) is 44.9 Å². The Morgan fingerprint density at radius 1 is 0.913 bits per heavy atom.